The zero-order chi connectivity index (χ0) is 39.8. The summed E-state index contributed by atoms with van der Waals surface area (Å²) in [6, 6.07) is 3.97. The third-order valence-corrected chi connectivity index (χ3v) is 10.8. The Morgan fingerprint density at radius 1 is 0.463 bits per heavy atom. The normalized spacial score (nSPS) is 26.5. The maximum Gasteiger partial charge on any atom is 0.0932 e. The standard InChI is InChI=1S/2C9H19NO.2C8H17NO2.C7H15NO.CH4/c1-4-9-7-11-6-5-10(9)8(2)3;1-4-9-7-10(8(2)3)5-6-11-9;1-7(2)9-3-4-11-6-8(9)5-10;1-7(2)9-3-4-11-8(5-9)6-10;1-7(2)8-3-5-9-6-4-8;/h2*8-9H,4-7H2,1-3H3;2*7-8,10H,3-6H2,1-2H3;7H,3-6H2,1-2H3;1H4/t2*9-;2*8-;;/m0111../s1. The van der Waals surface area contributed by atoms with Gasteiger partial charge < -0.3 is 33.9 Å². The number of hydrogen-bond donors (Lipinski definition) is 2. The van der Waals surface area contributed by atoms with E-state index in [0.717, 1.165) is 105 Å². The lowest BCUT2D eigenvalue weighted by Crippen LogP contribution is -2.50. The summed E-state index contributed by atoms with van der Waals surface area (Å²) in [5.74, 6) is 0. The summed E-state index contributed by atoms with van der Waals surface area (Å²) >= 11 is 0. The highest BCUT2D eigenvalue weighted by Gasteiger charge is 2.25. The zero-order valence-electron chi connectivity index (χ0n) is 36.5. The number of aliphatic hydroxyl groups is 2. The summed E-state index contributed by atoms with van der Waals surface area (Å²) in [6.45, 7) is 42.0. The quantitative estimate of drug-likeness (QED) is 0.344. The van der Waals surface area contributed by atoms with Crippen molar-refractivity contribution in [1.29, 1.82) is 0 Å². The molecule has 0 spiro atoms. The highest BCUT2D eigenvalue weighted by molar-refractivity contribution is 4.78. The molecule has 326 valence electrons. The summed E-state index contributed by atoms with van der Waals surface area (Å²) in [4.78, 5) is 12.1. The van der Waals surface area contributed by atoms with Crippen LogP contribution in [0.25, 0.3) is 0 Å². The second kappa shape index (κ2) is 31.5. The first-order valence-electron chi connectivity index (χ1n) is 21.2. The Balaban J connectivity index is 0.000000648. The van der Waals surface area contributed by atoms with E-state index in [4.69, 9.17) is 33.9 Å². The summed E-state index contributed by atoms with van der Waals surface area (Å²) < 4.78 is 26.8. The van der Waals surface area contributed by atoms with Crippen LogP contribution in [0.3, 0.4) is 0 Å². The van der Waals surface area contributed by atoms with Crippen LogP contribution in [0.15, 0.2) is 0 Å². The number of aliphatic hydroxyl groups excluding tert-OH is 2. The molecule has 5 fully saturated rings. The van der Waals surface area contributed by atoms with Gasteiger partial charge in [0.25, 0.3) is 0 Å². The van der Waals surface area contributed by atoms with Crippen LogP contribution in [0.2, 0.25) is 0 Å². The van der Waals surface area contributed by atoms with Gasteiger partial charge in [0.1, 0.15) is 0 Å². The lowest BCUT2D eigenvalue weighted by molar-refractivity contribution is -0.0608. The summed E-state index contributed by atoms with van der Waals surface area (Å²) in [5, 5.41) is 17.8. The van der Waals surface area contributed by atoms with Crippen LogP contribution < -0.4 is 0 Å². The Morgan fingerprint density at radius 2 is 0.870 bits per heavy atom. The predicted molar refractivity (Wildman–Crippen MR) is 225 cm³/mol. The monoisotopic (exact) mass is 778 g/mol. The molecule has 0 saturated carbocycles. The van der Waals surface area contributed by atoms with Crippen molar-refractivity contribution in [3.63, 3.8) is 0 Å². The molecule has 2 N–H and O–H groups in total. The van der Waals surface area contributed by atoms with E-state index >= 15 is 0 Å². The van der Waals surface area contributed by atoms with E-state index in [0.29, 0.717) is 49.0 Å². The Labute approximate surface area is 334 Å². The van der Waals surface area contributed by atoms with E-state index in [9.17, 15) is 0 Å². The summed E-state index contributed by atoms with van der Waals surface area (Å²) in [5.41, 5.74) is 0. The molecular formula is C42H91N5O7. The molecule has 0 aromatic carbocycles. The van der Waals surface area contributed by atoms with Crippen LogP contribution >= 0.6 is 0 Å². The molecule has 4 atom stereocenters. The molecular weight excluding hydrogens is 686 g/mol. The van der Waals surface area contributed by atoms with Crippen molar-refractivity contribution in [3.8, 4) is 0 Å². The second-order valence-electron chi connectivity index (χ2n) is 16.2. The van der Waals surface area contributed by atoms with Crippen molar-refractivity contribution in [2.24, 2.45) is 0 Å². The fourth-order valence-electron chi connectivity index (χ4n) is 7.08. The molecule has 12 heteroatoms. The van der Waals surface area contributed by atoms with E-state index in [1.807, 2.05) is 0 Å². The number of morpholine rings is 5. The molecule has 0 amide bonds. The van der Waals surface area contributed by atoms with Gasteiger partial charge in [0.15, 0.2) is 0 Å². The number of rotatable bonds is 9. The average Bonchev–Trinajstić information content (AvgIpc) is 3.19. The molecule has 54 heavy (non-hydrogen) atoms. The molecule has 12 nitrogen and oxygen atoms in total. The Kier molecular flexibility index (Phi) is 31.2. The maximum atomic E-state index is 8.99. The predicted octanol–water partition coefficient (Wildman–Crippen LogP) is 4.55. The SMILES string of the molecule is C.CC(C)N1CCOCC1.CC(C)N1CCOC[C@H]1CO.CC(C)N1CCO[C@@H](CO)C1.CC[C@@H]1CN(C(C)C)CCO1.CC[C@H]1COCCN1C(C)C. The van der Waals surface area contributed by atoms with Crippen molar-refractivity contribution < 1.29 is 33.9 Å². The van der Waals surface area contributed by atoms with E-state index in [1.54, 1.807) is 0 Å². The molecule has 0 bridgehead atoms. The van der Waals surface area contributed by atoms with Gasteiger partial charge in [-0.1, -0.05) is 21.3 Å². The topological polar surface area (TPSA) is 103 Å². The van der Waals surface area contributed by atoms with Crippen LogP contribution in [-0.2, 0) is 23.7 Å². The van der Waals surface area contributed by atoms with Crippen molar-refractivity contribution in [3.05, 3.63) is 0 Å². The van der Waals surface area contributed by atoms with Gasteiger partial charge in [0.05, 0.1) is 84.3 Å². The van der Waals surface area contributed by atoms with Crippen molar-refractivity contribution in [2.75, 3.05) is 118 Å². The molecule has 5 saturated heterocycles. The molecule has 0 aromatic rings. The van der Waals surface area contributed by atoms with Crippen molar-refractivity contribution in [1.82, 2.24) is 24.5 Å². The van der Waals surface area contributed by atoms with Crippen molar-refractivity contribution in [2.45, 2.75) is 158 Å². The number of ether oxygens (including phenoxy) is 5. The fourth-order valence-corrected chi connectivity index (χ4v) is 7.08. The average molecular weight is 778 g/mol. The summed E-state index contributed by atoms with van der Waals surface area (Å²) in [6.07, 6.45) is 2.86. The highest BCUT2D eigenvalue weighted by Crippen LogP contribution is 2.14. The van der Waals surface area contributed by atoms with Gasteiger partial charge in [-0.25, -0.2) is 0 Å². The largest absolute Gasteiger partial charge is 0.395 e. The van der Waals surface area contributed by atoms with Gasteiger partial charge in [-0.15, -0.1) is 0 Å². The molecule has 0 aromatic heterocycles. The minimum absolute atomic E-state index is 0. The minimum atomic E-state index is 0. The van der Waals surface area contributed by atoms with Crippen molar-refractivity contribution >= 4 is 0 Å². The van der Waals surface area contributed by atoms with Gasteiger partial charge in [0, 0.05) is 88.6 Å². The van der Waals surface area contributed by atoms with Gasteiger partial charge in [-0.3, -0.25) is 24.5 Å². The lowest BCUT2D eigenvalue weighted by atomic mass is 10.1. The van der Waals surface area contributed by atoms with Gasteiger partial charge in [-0.2, -0.15) is 0 Å². The second-order valence-corrected chi connectivity index (χ2v) is 16.2. The number of hydrogen-bond acceptors (Lipinski definition) is 12. The molecule has 0 aliphatic carbocycles. The molecule has 5 rings (SSSR count). The van der Waals surface area contributed by atoms with E-state index in [-0.39, 0.29) is 32.8 Å². The minimum Gasteiger partial charge on any atom is -0.395 e. The van der Waals surface area contributed by atoms with Crippen LogP contribution in [-0.4, -0.2) is 208 Å². The Bertz CT molecular complexity index is 794. The number of nitrogens with zero attached hydrogens (tertiary/aromatic N) is 5. The van der Waals surface area contributed by atoms with Gasteiger partial charge in [0.2, 0.25) is 0 Å². The molecule has 5 heterocycles. The van der Waals surface area contributed by atoms with Crippen LogP contribution in [0.5, 0.6) is 0 Å². The van der Waals surface area contributed by atoms with Crippen LogP contribution in [0.4, 0.5) is 0 Å². The smallest absolute Gasteiger partial charge is 0.0932 e. The molecule has 0 unspecified atom stereocenters. The third kappa shape index (κ3) is 21.9. The Hall–Kier alpha value is -0.480. The van der Waals surface area contributed by atoms with Crippen LogP contribution in [0.1, 0.15) is 103 Å². The lowest BCUT2D eigenvalue weighted by Gasteiger charge is -2.37. The zero-order valence-corrected chi connectivity index (χ0v) is 36.5. The maximum absolute atomic E-state index is 8.99. The van der Waals surface area contributed by atoms with E-state index < -0.39 is 0 Å². The van der Waals surface area contributed by atoms with E-state index in [1.165, 1.54) is 6.42 Å². The first-order chi connectivity index (χ1) is 25.3. The summed E-state index contributed by atoms with van der Waals surface area (Å²) in [7, 11) is 0. The fraction of sp³-hybridized carbons (Fsp3) is 1.00. The molecule has 5 aliphatic heterocycles. The first-order valence-corrected chi connectivity index (χ1v) is 21.2. The van der Waals surface area contributed by atoms with E-state index in [2.05, 4.69) is 108 Å². The highest BCUT2D eigenvalue weighted by atomic mass is 16.5. The molecule has 5 aliphatic rings. The van der Waals surface area contributed by atoms with Gasteiger partial charge in [-0.05, 0) is 82.1 Å². The first kappa shape index (κ1) is 53.5. The third-order valence-electron chi connectivity index (χ3n) is 10.8. The Morgan fingerprint density at radius 3 is 1.22 bits per heavy atom. The molecule has 0 radical (unpaired) electrons. The van der Waals surface area contributed by atoms with Crippen LogP contribution in [0, 0.1) is 0 Å². The van der Waals surface area contributed by atoms with Gasteiger partial charge >= 0.3 is 0 Å².